The molecule has 5 fully saturated rings. The van der Waals surface area contributed by atoms with Gasteiger partial charge in [0.1, 0.15) is 28.7 Å². The van der Waals surface area contributed by atoms with Crippen molar-refractivity contribution in [3.8, 4) is 22.9 Å². The van der Waals surface area contributed by atoms with Crippen LogP contribution in [0.4, 0.5) is 14.6 Å². The molecule has 0 spiro atoms. The van der Waals surface area contributed by atoms with Gasteiger partial charge in [0.25, 0.3) is 0 Å². The van der Waals surface area contributed by atoms with Gasteiger partial charge in [0.15, 0.2) is 5.82 Å². The van der Waals surface area contributed by atoms with Gasteiger partial charge in [-0.3, -0.25) is 9.69 Å². The van der Waals surface area contributed by atoms with Gasteiger partial charge in [-0.15, -0.1) is 0 Å². The Kier molecular flexibility index (Phi) is 7.13. The summed E-state index contributed by atoms with van der Waals surface area (Å²) in [6, 6.07) is 11.2. The molecule has 2 N–H and O–H groups in total. The second-order valence-electron chi connectivity index (χ2n) is 15.0. The molecule has 0 amide bonds. The van der Waals surface area contributed by atoms with Gasteiger partial charge in [0.2, 0.25) is 0 Å². The Hall–Kier alpha value is -3.89. The molecule has 4 aromatic rings. The number of piperidine rings is 1. The van der Waals surface area contributed by atoms with Crippen molar-refractivity contribution in [3.05, 3.63) is 53.6 Å². The van der Waals surface area contributed by atoms with Crippen molar-refractivity contribution in [1.29, 1.82) is 0 Å². The molecule has 4 unspecified atom stereocenters. The summed E-state index contributed by atoms with van der Waals surface area (Å²) < 4.78 is 38.4. The standard InChI is InChI=1S/C38H41F2N5O3/c1-2-28-32(39)10-3-21-13-26(46)16-31(33(21)28)29-8-9-30-35(34(29)40)42-37(43-36(30)44-17-22-4-5-23(18-44)41-22)48-20-38(11-12-38)19-45-24-6-7-25(45)15-27(47)14-24/h3,8-10,13,16,22-25,41,46H,2,4-7,11-12,14-15,17-20H2,1H3. The van der Waals surface area contributed by atoms with Crippen LogP contribution >= 0.6 is 0 Å². The number of anilines is 1. The largest absolute Gasteiger partial charge is 0.508 e. The van der Waals surface area contributed by atoms with Crippen LogP contribution in [0.15, 0.2) is 36.4 Å². The van der Waals surface area contributed by atoms with E-state index in [2.05, 4.69) is 15.1 Å². The molecule has 4 bridgehead atoms. The molecule has 4 saturated heterocycles. The lowest BCUT2D eigenvalue weighted by atomic mass is 9.92. The van der Waals surface area contributed by atoms with Gasteiger partial charge in [-0.1, -0.05) is 19.1 Å². The number of nitrogens with zero attached hydrogens (tertiary/aromatic N) is 4. The number of carbonyl (C=O) groups excluding carboxylic acids is 1. The first-order valence-electron chi connectivity index (χ1n) is 17.6. The number of ether oxygens (including phenoxy) is 1. The topological polar surface area (TPSA) is 90.8 Å². The van der Waals surface area contributed by atoms with E-state index in [1.165, 1.54) is 12.1 Å². The maximum Gasteiger partial charge on any atom is 0.319 e. The van der Waals surface area contributed by atoms with Crippen LogP contribution in [0.1, 0.15) is 63.9 Å². The third kappa shape index (κ3) is 5.10. The minimum absolute atomic E-state index is 0.0180. The minimum Gasteiger partial charge on any atom is -0.508 e. The molecule has 8 nitrogen and oxygen atoms in total. The molecule has 0 radical (unpaired) electrons. The number of ketones is 1. The predicted octanol–water partition coefficient (Wildman–Crippen LogP) is 6.29. The van der Waals surface area contributed by atoms with Crippen LogP contribution in [-0.4, -0.2) is 76.2 Å². The number of hydrogen-bond donors (Lipinski definition) is 2. The van der Waals surface area contributed by atoms with E-state index in [9.17, 15) is 9.90 Å². The van der Waals surface area contributed by atoms with Crippen molar-refractivity contribution in [2.75, 3.05) is 31.1 Å². The number of rotatable bonds is 8. The van der Waals surface area contributed by atoms with E-state index in [4.69, 9.17) is 14.7 Å². The highest BCUT2D eigenvalue weighted by Gasteiger charge is 2.50. The number of halogens is 2. The second kappa shape index (κ2) is 11.3. The summed E-state index contributed by atoms with van der Waals surface area (Å²) in [6.45, 7) is 4.74. The zero-order valence-electron chi connectivity index (χ0n) is 27.3. The van der Waals surface area contributed by atoms with Crippen molar-refractivity contribution < 1.29 is 23.4 Å². The maximum atomic E-state index is 17.0. The molecule has 9 rings (SSSR count). The number of hydrogen-bond acceptors (Lipinski definition) is 8. The quantitative estimate of drug-likeness (QED) is 0.229. The van der Waals surface area contributed by atoms with Crippen molar-refractivity contribution in [2.24, 2.45) is 5.41 Å². The van der Waals surface area contributed by atoms with E-state index >= 15 is 8.78 Å². The first-order chi connectivity index (χ1) is 23.3. The maximum absolute atomic E-state index is 17.0. The fourth-order valence-electron chi connectivity index (χ4n) is 9.12. The molecule has 3 aromatic carbocycles. The predicted molar refractivity (Wildman–Crippen MR) is 181 cm³/mol. The Morgan fingerprint density at radius 3 is 2.44 bits per heavy atom. The molecule has 1 aromatic heterocycles. The van der Waals surface area contributed by atoms with Crippen LogP contribution in [0.5, 0.6) is 11.8 Å². The summed E-state index contributed by atoms with van der Waals surface area (Å²) in [7, 11) is 0. The summed E-state index contributed by atoms with van der Waals surface area (Å²) in [6.07, 6.45) is 8.16. The molecule has 1 aliphatic carbocycles. The lowest BCUT2D eigenvalue weighted by Crippen LogP contribution is -2.51. The second-order valence-corrected chi connectivity index (χ2v) is 15.0. The molecule has 1 saturated carbocycles. The van der Waals surface area contributed by atoms with Crippen LogP contribution in [0, 0.1) is 17.0 Å². The van der Waals surface area contributed by atoms with E-state index in [1.54, 1.807) is 18.2 Å². The van der Waals surface area contributed by atoms with Crippen molar-refractivity contribution in [3.63, 3.8) is 0 Å². The zero-order chi connectivity index (χ0) is 32.7. The summed E-state index contributed by atoms with van der Waals surface area (Å²) >= 11 is 0. The first kappa shape index (κ1) is 30.2. The highest BCUT2D eigenvalue weighted by atomic mass is 19.1. The van der Waals surface area contributed by atoms with Gasteiger partial charge in [-0.25, -0.2) is 8.78 Å². The van der Waals surface area contributed by atoms with Crippen LogP contribution in [0.25, 0.3) is 32.8 Å². The summed E-state index contributed by atoms with van der Waals surface area (Å²) in [5.41, 5.74) is 1.28. The van der Waals surface area contributed by atoms with E-state index in [1.807, 2.05) is 13.0 Å². The molecule has 48 heavy (non-hydrogen) atoms. The Balaban J connectivity index is 1.11. The Bertz CT molecular complexity index is 1940. The number of phenolic OH excluding ortho intramolecular Hbond substituents is 1. The van der Waals surface area contributed by atoms with Gasteiger partial charge in [-0.2, -0.15) is 9.97 Å². The Labute approximate surface area is 278 Å². The van der Waals surface area contributed by atoms with Gasteiger partial charge >= 0.3 is 6.01 Å². The Morgan fingerprint density at radius 1 is 0.979 bits per heavy atom. The fraction of sp³-hybridized carbons (Fsp3) is 0.500. The number of fused-ring (bicyclic) bond motifs is 6. The minimum atomic E-state index is -0.548. The molecule has 10 heteroatoms. The number of aromatic nitrogens is 2. The van der Waals surface area contributed by atoms with E-state index in [0.29, 0.717) is 88.9 Å². The molecule has 4 atom stereocenters. The van der Waals surface area contributed by atoms with Crippen molar-refractivity contribution in [2.45, 2.75) is 88.9 Å². The number of phenols is 1. The van der Waals surface area contributed by atoms with E-state index < -0.39 is 5.82 Å². The average molecular weight is 654 g/mol. The third-order valence-electron chi connectivity index (χ3n) is 11.8. The number of aryl methyl sites for hydroxylation is 1. The Morgan fingerprint density at radius 2 is 1.73 bits per heavy atom. The lowest BCUT2D eigenvalue weighted by molar-refractivity contribution is -0.124. The molecule has 5 aliphatic rings. The third-order valence-corrected chi connectivity index (χ3v) is 11.8. The van der Waals surface area contributed by atoms with Crippen LogP contribution in [0.3, 0.4) is 0 Å². The SMILES string of the molecule is CCc1c(F)ccc2cc(O)cc(-c3ccc4c(N5CC6CCC(C5)N6)nc(OCC5(CN6C7CCC6CC(=O)C7)CC5)nc4c3F)c12. The first-order valence-corrected chi connectivity index (χ1v) is 17.6. The summed E-state index contributed by atoms with van der Waals surface area (Å²) in [5.74, 6) is 0.125. The number of Topliss-reactive ketones (excluding diaryl/α,β-unsaturated/α-hetero) is 1. The van der Waals surface area contributed by atoms with Gasteiger partial charge in [0, 0.05) is 73.0 Å². The molecule has 4 aliphatic heterocycles. The average Bonchev–Trinajstić information content (AvgIpc) is 3.71. The van der Waals surface area contributed by atoms with Crippen molar-refractivity contribution >= 4 is 33.3 Å². The summed E-state index contributed by atoms with van der Waals surface area (Å²) in [5, 5.41) is 16.2. The van der Waals surface area contributed by atoms with Crippen LogP contribution in [-0.2, 0) is 11.2 Å². The van der Waals surface area contributed by atoms with Gasteiger partial charge < -0.3 is 20.1 Å². The highest BCUT2D eigenvalue weighted by Crippen LogP contribution is 2.49. The number of piperazine rings is 1. The van der Waals surface area contributed by atoms with E-state index in [0.717, 1.165) is 58.2 Å². The normalized spacial score (nSPS) is 26.1. The molecular formula is C38H41F2N5O3. The molecule has 5 heterocycles. The lowest BCUT2D eigenvalue weighted by Gasteiger charge is -2.36. The number of aromatic hydroxyl groups is 1. The fourth-order valence-corrected chi connectivity index (χ4v) is 9.12. The van der Waals surface area contributed by atoms with E-state index in [-0.39, 0.29) is 34.1 Å². The van der Waals surface area contributed by atoms with Crippen LogP contribution < -0.4 is 15.0 Å². The van der Waals surface area contributed by atoms with Crippen LogP contribution in [0.2, 0.25) is 0 Å². The van der Waals surface area contributed by atoms with Gasteiger partial charge in [-0.05, 0) is 91.1 Å². The zero-order valence-corrected chi connectivity index (χ0v) is 27.3. The smallest absolute Gasteiger partial charge is 0.319 e. The van der Waals surface area contributed by atoms with Crippen molar-refractivity contribution in [1.82, 2.24) is 20.2 Å². The highest BCUT2D eigenvalue weighted by molar-refractivity contribution is 6.03. The van der Waals surface area contributed by atoms with Gasteiger partial charge in [0.05, 0.1) is 6.61 Å². The monoisotopic (exact) mass is 653 g/mol. The number of benzene rings is 3. The molecule has 250 valence electrons. The summed E-state index contributed by atoms with van der Waals surface area (Å²) in [4.78, 5) is 26.7. The molecular weight excluding hydrogens is 612 g/mol. The number of carbonyl (C=O) groups is 1. The number of nitrogens with one attached hydrogen (secondary N) is 1.